The van der Waals surface area contributed by atoms with E-state index in [2.05, 4.69) is 28.2 Å². The molecule has 0 aliphatic heterocycles. The molecule has 2 N–H and O–H groups in total. The van der Waals surface area contributed by atoms with Crippen molar-refractivity contribution < 1.29 is 0 Å². The fourth-order valence-electron chi connectivity index (χ4n) is 2.69. The minimum absolute atomic E-state index is 0.194. The number of nitrogens with zero attached hydrogens (tertiary/aromatic N) is 3. The lowest BCUT2D eigenvalue weighted by Gasteiger charge is -2.24. The van der Waals surface area contributed by atoms with Crippen LogP contribution in [0.25, 0.3) is 0 Å². The average molecular weight is 250 g/mol. The summed E-state index contributed by atoms with van der Waals surface area (Å²) in [5.41, 5.74) is 8.78. The lowest BCUT2D eigenvalue weighted by atomic mass is 9.82. The zero-order chi connectivity index (χ0) is 13.2. The van der Waals surface area contributed by atoms with E-state index in [1.165, 1.54) is 17.3 Å². The molecule has 0 fully saturated rings. The van der Waals surface area contributed by atoms with Crippen LogP contribution in [0.2, 0.25) is 0 Å². The molecule has 3 rings (SSSR count). The molecule has 4 nitrogen and oxygen atoms in total. The monoisotopic (exact) mass is 250 g/mol. The van der Waals surface area contributed by atoms with Gasteiger partial charge in [0.2, 0.25) is 0 Å². The Hall–Kier alpha value is -2.41. The van der Waals surface area contributed by atoms with Gasteiger partial charge in [0.05, 0.1) is 6.20 Å². The predicted molar refractivity (Wildman–Crippen MR) is 72.4 cm³/mol. The third-order valence-electron chi connectivity index (χ3n) is 3.64. The highest BCUT2D eigenvalue weighted by Gasteiger charge is 2.24. The standard InChI is InChI=1S/C15H14N4/c16-8-11-9-18-15(19-14(11)17)13-7-3-5-10-4-1-2-6-12(10)13/h1-2,4,6,9,13H,3,5,7H2,(H2,17,18,19). The van der Waals surface area contributed by atoms with Gasteiger partial charge in [0, 0.05) is 5.92 Å². The van der Waals surface area contributed by atoms with Gasteiger partial charge >= 0.3 is 0 Å². The molecule has 0 amide bonds. The van der Waals surface area contributed by atoms with Crippen LogP contribution in [-0.2, 0) is 6.42 Å². The smallest absolute Gasteiger partial charge is 0.145 e. The largest absolute Gasteiger partial charge is 0.382 e. The van der Waals surface area contributed by atoms with E-state index in [-0.39, 0.29) is 11.7 Å². The number of nitrogens with two attached hydrogens (primary N) is 1. The Labute approximate surface area is 111 Å². The van der Waals surface area contributed by atoms with Crippen LogP contribution in [0.4, 0.5) is 5.82 Å². The highest BCUT2D eigenvalue weighted by molar-refractivity contribution is 5.47. The molecule has 1 aliphatic rings. The van der Waals surface area contributed by atoms with Gasteiger partial charge in [-0.25, -0.2) is 9.97 Å². The van der Waals surface area contributed by atoms with Gasteiger partial charge in [-0.1, -0.05) is 24.3 Å². The molecule has 4 heteroatoms. The number of benzene rings is 1. The summed E-state index contributed by atoms with van der Waals surface area (Å²) in [4.78, 5) is 8.63. The second-order valence-corrected chi connectivity index (χ2v) is 4.78. The van der Waals surface area contributed by atoms with Gasteiger partial charge in [-0.05, 0) is 30.4 Å². The molecule has 2 aromatic rings. The van der Waals surface area contributed by atoms with Gasteiger partial charge < -0.3 is 5.73 Å². The van der Waals surface area contributed by atoms with Crippen molar-refractivity contribution in [2.24, 2.45) is 0 Å². The normalized spacial score (nSPS) is 17.5. The molecule has 0 radical (unpaired) electrons. The Morgan fingerprint density at radius 1 is 1.32 bits per heavy atom. The number of aromatic nitrogens is 2. The number of rotatable bonds is 1. The number of hydrogen-bond donors (Lipinski definition) is 1. The second-order valence-electron chi connectivity index (χ2n) is 4.78. The van der Waals surface area contributed by atoms with Crippen molar-refractivity contribution >= 4 is 5.82 Å². The number of aryl methyl sites for hydroxylation is 1. The molecule has 0 spiro atoms. The molecule has 1 unspecified atom stereocenters. The lowest BCUT2D eigenvalue weighted by molar-refractivity contribution is 0.591. The van der Waals surface area contributed by atoms with Gasteiger partial charge in [-0.3, -0.25) is 0 Å². The summed E-state index contributed by atoms with van der Waals surface area (Å²) in [6.07, 6.45) is 4.79. The lowest BCUT2D eigenvalue weighted by Crippen LogP contribution is -2.14. The molecular weight excluding hydrogens is 236 g/mol. The van der Waals surface area contributed by atoms with E-state index in [0.29, 0.717) is 5.56 Å². The van der Waals surface area contributed by atoms with Crippen molar-refractivity contribution in [3.05, 3.63) is 53.0 Å². The highest BCUT2D eigenvalue weighted by Crippen LogP contribution is 2.35. The summed E-state index contributed by atoms with van der Waals surface area (Å²) in [5, 5.41) is 8.87. The second kappa shape index (κ2) is 4.69. The zero-order valence-electron chi connectivity index (χ0n) is 10.5. The Balaban J connectivity index is 2.05. The summed E-state index contributed by atoms with van der Waals surface area (Å²) in [5.74, 6) is 1.19. The van der Waals surface area contributed by atoms with Crippen LogP contribution in [0.5, 0.6) is 0 Å². The SMILES string of the molecule is N#Cc1cnc(C2CCCc3ccccc32)nc1N. The molecule has 1 aromatic heterocycles. The quantitative estimate of drug-likeness (QED) is 0.843. The first-order valence-electron chi connectivity index (χ1n) is 6.40. The number of fused-ring (bicyclic) bond motifs is 1. The summed E-state index contributed by atoms with van der Waals surface area (Å²) in [6, 6.07) is 10.4. The third kappa shape index (κ3) is 2.04. The molecule has 0 bridgehead atoms. The van der Waals surface area contributed by atoms with Crippen molar-refractivity contribution in [1.82, 2.24) is 9.97 Å². The number of nitrogen functional groups attached to an aromatic ring is 1. The van der Waals surface area contributed by atoms with E-state index in [1.54, 1.807) is 0 Å². The van der Waals surface area contributed by atoms with Crippen molar-refractivity contribution in [2.75, 3.05) is 5.73 Å². The van der Waals surface area contributed by atoms with Crippen molar-refractivity contribution in [2.45, 2.75) is 25.2 Å². The van der Waals surface area contributed by atoms with Crippen molar-refractivity contribution in [3.63, 3.8) is 0 Å². The van der Waals surface area contributed by atoms with Crippen LogP contribution in [-0.4, -0.2) is 9.97 Å². The number of nitriles is 1. The van der Waals surface area contributed by atoms with Crippen molar-refractivity contribution in [1.29, 1.82) is 5.26 Å². The average Bonchev–Trinajstić information content (AvgIpc) is 2.46. The number of anilines is 1. The van der Waals surface area contributed by atoms with E-state index >= 15 is 0 Å². The molecule has 1 aromatic carbocycles. The first-order valence-corrected chi connectivity index (χ1v) is 6.40. The van der Waals surface area contributed by atoms with E-state index < -0.39 is 0 Å². The Bertz CT molecular complexity index is 657. The molecule has 0 saturated heterocycles. The van der Waals surface area contributed by atoms with Gasteiger partial charge in [-0.15, -0.1) is 0 Å². The third-order valence-corrected chi connectivity index (χ3v) is 3.64. The maximum atomic E-state index is 8.87. The van der Waals surface area contributed by atoms with Gasteiger partial charge in [0.15, 0.2) is 0 Å². The fourth-order valence-corrected chi connectivity index (χ4v) is 2.69. The van der Waals surface area contributed by atoms with Crippen LogP contribution in [0.3, 0.4) is 0 Å². The van der Waals surface area contributed by atoms with Gasteiger partial charge in [0.1, 0.15) is 23.3 Å². The molecule has 1 aliphatic carbocycles. The Morgan fingerprint density at radius 3 is 2.95 bits per heavy atom. The van der Waals surface area contributed by atoms with Gasteiger partial charge in [0.25, 0.3) is 0 Å². The Morgan fingerprint density at radius 2 is 2.16 bits per heavy atom. The first-order chi connectivity index (χ1) is 9.29. The minimum atomic E-state index is 0.194. The van der Waals surface area contributed by atoms with Gasteiger partial charge in [-0.2, -0.15) is 5.26 Å². The first kappa shape index (κ1) is 11.7. The van der Waals surface area contributed by atoms with Crippen LogP contribution in [0.1, 0.15) is 41.3 Å². The maximum Gasteiger partial charge on any atom is 0.145 e. The molecule has 0 saturated carbocycles. The van der Waals surface area contributed by atoms with E-state index in [0.717, 1.165) is 25.1 Å². The van der Waals surface area contributed by atoms with Crippen LogP contribution in [0, 0.1) is 11.3 Å². The number of hydrogen-bond acceptors (Lipinski definition) is 4. The molecule has 1 heterocycles. The topological polar surface area (TPSA) is 75.6 Å². The fraction of sp³-hybridized carbons (Fsp3) is 0.267. The molecular formula is C15H14N4. The highest BCUT2D eigenvalue weighted by atomic mass is 14.9. The van der Waals surface area contributed by atoms with Crippen molar-refractivity contribution in [3.8, 4) is 6.07 Å². The van der Waals surface area contributed by atoms with Crippen LogP contribution in [0.15, 0.2) is 30.5 Å². The summed E-state index contributed by atoms with van der Waals surface area (Å²) in [6.45, 7) is 0. The van der Waals surface area contributed by atoms with Crippen LogP contribution < -0.4 is 5.73 Å². The van der Waals surface area contributed by atoms with Crippen LogP contribution >= 0.6 is 0 Å². The Kier molecular flexibility index (Phi) is 2.88. The molecule has 19 heavy (non-hydrogen) atoms. The predicted octanol–water partition coefficient (Wildman–Crippen LogP) is 2.40. The molecule has 1 atom stereocenters. The summed E-state index contributed by atoms with van der Waals surface area (Å²) < 4.78 is 0. The van der Waals surface area contributed by atoms with E-state index in [1.807, 2.05) is 12.1 Å². The maximum absolute atomic E-state index is 8.87. The summed E-state index contributed by atoms with van der Waals surface area (Å²) >= 11 is 0. The molecule has 94 valence electrons. The minimum Gasteiger partial charge on any atom is -0.382 e. The van der Waals surface area contributed by atoms with E-state index in [9.17, 15) is 0 Å². The zero-order valence-corrected chi connectivity index (χ0v) is 10.5. The summed E-state index contributed by atoms with van der Waals surface area (Å²) in [7, 11) is 0. The van der Waals surface area contributed by atoms with E-state index in [4.69, 9.17) is 11.0 Å².